The maximum Gasteiger partial charge on any atom is 0.337 e. The first kappa shape index (κ1) is 26.3. The lowest BCUT2D eigenvalue weighted by atomic mass is 10.1. The molecule has 0 aliphatic rings. The van der Waals surface area contributed by atoms with E-state index in [-0.39, 0.29) is 17.4 Å². The van der Waals surface area contributed by atoms with Gasteiger partial charge in [-0.1, -0.05) is 37.7 Å². The predicted molar refractivity (Wildman–Crippen MR) is 137 cm³/mol. The Labute approximate surface area is 209 Å². The molecule has 0 aliphatic heterocycles. The van der Waals surface area contributed by atoms with Gasteiger partial charge in [0.15, 0.2) is 5.16 Å². The summed E-state index contributed by atoms with van der Waals surface area (Å²) < 4.78 is 11.6. The molecule has 0 unspecified atom stereocenters. The van der Waals surface area contributed by atoms with Gasteiger partial charge in [0.2, 0.25) is 5.91 Å². The average Bonchev–Trinajstić information content (AvgIpc) is 2.85. The third kappa shape index (κ3) is 6.63. The van der Waals surface area contributed by atoms with Gasteiger partial charge in [-0.25, -0.2) is 9.78 Å². The number of hydrogen-bond donors (Lipinski definition) is 1. The number of nitrogens with one attached hydrogen (secondary N) is 1. The van der Waals surface area contributed by atoms with Gasteiger partial charge in [-0.15, -0.1) is 0 Å². The third-order valence-corrected chi connectivity index (χ3v) is 6.50. The molecule has 186 valence electrons. The van der Waals surface area contributed by atoms with Crippen molar-refractivity contribution in [2.24, 2.45) is 5.92 Å². The molecule has 0 fully saturated rings. The van der Waals surface area contributed by atoms with E-state index in [1.165, 1.54) is 18.9 Å². The van der Waals surface area contributed by atoms with E-state index in [4.69, 9.17) is 9.47 Å². The third-order valence-electron chi connectivity index (χ3n) is 5.41. The number of carbonyl (C=O) groups excluding carboxylic acids is 2. The van der Waals surface area contributed by atoms with Gasteiger partial charge in [-0.05, 0) is 55.2 Å². The van der Waals surface area contributed by atoms with Gasteiger partial charge in [-0.3, -0.25) is 14.2 Å². The molecule has 1 aromatic heterocycles. The summed E-state index contributed by atoms with van der Waals surface area (Å²) >= 11 is 1.23. The fourth-order valence-electron chi connectivity index (χ4n) is 3.54. The van der Waals surface area contributed by atoms with E-state index >= 15 is 0 Å². The Morgan fingerprint density at radius 1 is 1.09 bits per heavy atom. The van der Waals surface area contributed by atoms with E-state index < -0.39 is 11.2 Å². The molecule has 1 atom stereocenters. The number of thioether (sulfide) groups is 1. The lowest BCUT2D eigenvalue weighted by molar-refractivity contribution is -0.120. The molecule has 0 saturated heterocycles. The summed E-state index contributed by atoms with van der Waals surface area (Å²) in [5.41, 5.74) is 1.60. The number of amides is 1. The number of benzene rings is 2. The Kier molecular flexibility index (Phi) is 8.92. The van der Waals surface area contributed by atoms with Crippen LogP contribution in [0.5, 0.6) is 5.75 Å². The van der Waals surface area contributed by atoms with Gasteiger partial charge >= 0.3 is 5.97 Å². The molecule has 0 spiro atoms. The second kappa shape index (κ2) is 11.9. The van der Waals surface area contributed by atoms with Crippen LogP contribution in [0.25, 0.3) is 10.9 Å². The summed E-state index contributed by atoms with van der Waals surface area (Å²) in [6.45, 7) is 6.77. The van der Waals surface area contributed by atoms with Crippen molar-refractivity contribution in [2.45, 2.75) is 44.1 Å². The average molecular weight is 498 g/mol. The van der Waals surface area contributed by atoms with Crippen LogP contribution < -0.4 is 15.6 Å². The fraction of sp³-hybridized carbons (Fsp3) is 0.385. The van der Waals surface area contributed by atoms with Crippen molar-refractivity contribution in [3.63, 3.8) is 0 Å². The first-order valence-corrected chi connectivity index (χ1v) is 12.3. The van der Waals surface area contributed by atoms with Gasteiger partial charge in [0.05, 0.1) is 35.9 Å². The van der Waals surface area contributed by atoms with E-state index in [9.17, 15) is 14.4 Å². The maximum absolute atomic E-state index is 13.2. The Balaban J connectivity index is 1.78. The van der Waals surface area contributed by atoms with Gasteiger partial charge in [0.1, 0.15) is 5.75 Å². The zero-order valence-corrected chi connectivity index (χ0v) is 21.5. The van der Waals surface area contributed by atoms with Crippen LogP contribution in [0.15, 0.2) is 52.4 Å². The molecule has 35 heavy (non-hydrogen) atoms. The minimum atomic E-state index is -0.501. The maximum atomic E-state index is 13.2. The van der Waals surface area contributed by atoms with E-state index in [1.807, 2.05) is 38.1 Å². The van der Waals surface area contributed by atoms with Crippen molar-refractivity contribution in [3.8, 4) is 5.75 Å². The first-order valence-electron chi connectivity index (χ1n) is 11.4. The topological polar surface area (TPSA) is 99.5 Å². The standard InChI is InChI=1S/C26H31N3O5S/c1-16(2)15-29-24(31)21-11-8-19(25(32)34-5)14-22(21)28-26(29)35-17(3)23(30)27-13-12-18-6-9-20(33-4)10-7-18/h6-11,14,16-17H,12-13,15H2,1-5H3,(H,27,30)/t17-/m1/s1. The molecule has 1 heterocycles. The molecular formula is C26H31N3O5S. The highest BCUT2D eigenvalue weighted by Crippen LogP contribution is 2.24. The highest BCUT2D eigenvalue weighted by molar-refractivity contribution is 8.00. The predicted octanol–water partition coefficient (Wildman–Crippen LogP) is 3.69. The zero-order chi connectivity index (χ0) is 25.5. The van der Waals surface area contributed by atoms with Crippen LogP contribution in [-0.4, -0.2) is 47.4 Å². The molecule has 2 aromatic carbocycles. The van der Waals surface area contributed by atoms with Gasteiger partial charge in [0.25, 0.3) is 5.56 Å². The molecule has 1 amide bonds. The number of methoxy groups -OCH3 is 2. The largest absolute Gasteiger partial charge is 0.497 e. The van der Waals surface area contributed by atoms with Crippen molar-refractivity contribution >= 4 is 34.5 Å². The van der Waals surface area contributed by atoms with Gasteiger partial charge < -0.3 is 14.8 Å². The number of carbonyl (C=O) groups is 2. The second-order valence-corrected chi connectivity index (χ2v) is 9.88. The Bertz CT molecular complexity index is 1250. The van der Waals surface area contributed by atoms with Gasteiger partial charge in [-0.2, -0.15) is 0 Å². The number of nitrogens with zero attached hydrogens (tertiary/aromatic N) is 2. The quantitative estimate of drug-likeness (QED) is 0.259. The van der Waals surface area contributed by atoms with Crippen molar-refractivity contribution in [1.29, 1.82) is 0 Å². The van der Waals surface area contributed by atoms with Crippen molar-refractivity contribution in [3.05, 3.63) is 63.9 Å². The molecule has 0 radical (unpaired) electrons. The number of hydrogen-bond acceptors (Lipinski definition) is 7. The number of ether oxygens (including phenoxy) is 2. The van der Waals surface area contributed by atoms with Crippen LogP contribution in [0, 0.1) is 5.92 Å². The highest BCUT2D eigenvalue weighted by atomic mass is 32.2. The van der Waals surface area contributed by atoms with Crippen molar-refractivity contribution in [1.82, 2.24) is 14.9 Å². The number of fused-ring (bicyclic) bond motifs is 1. The summed E-state index contributed by atoms with van der Waals surface area (Å²) in [6, 6.07) is 12.4. The van der Waals surface area contributed by atoms with Crippen LogP contribution in [0.2, 0.25) is 0 Å². The molecule has 0 bridgehead atoms. The van der Waals surface area contributed by atoms with Crippen LogP contribution in [-0.2, 0) is 22.5 Å². The lowest BCUT2D eigenvalue weighted by Gasteiger charge is -2.18. The molecule has 9 heteroatoms. The molecule has 8 nitrogen and oxygen atoms in total. The summed E-state index contributed by atoms with van der Waals surface area (Å²) in [6.07, 6.45) is 0.690. The second-order valence-electron chi connectivity index (χ2n) is 8.58. The summed E-state index contributed by atoms with van der Waals surface area (Å²) in [4.78, 5) is 42.6. The zero-order valence-electron chi connectivity index (χ0n) is 20.7. The van der Waals surface area contributed by atoms with Crippen LogP contribution in [0.3, 0.4) is 0 Å². The Hall–Kier alpha value is -3.33. The van der Waals surface area contributed by atoms with E-state index in [0.29, 0.717) is 41.1 Å². The van der Waals surface area contributed by atoms with Crippen LogP contribution >= 0.6 is 11.8 Å². The van der Waals surface area contributed by atoms with Crippen molar-refractivity contribution < 1.29 is 19.1 Å². The molecular weight excluding hydrogens is 466 g/mol. The number of aromatic nitrogens is 2. The molecule has 0 aliphatic carbocycles. The lowest BCUT2D eigenvalue weighted by Crippen LogP contribution is -2.33. The molecule has 3 aromatic rings. The fourth-order valence-corrected chi connectivity index (χ4v) is 4.48. The molecule has 3 rings (SSSR count). The highest BCUT2D eigenvalue weighted by Gasteiger charge is 2.20. The summed E-state index contributed by atoms with van der Waals surface area (Å²) in [5.74, 6) is 0.349. The van der Waals surface area contributed by atoms with E-state index in [2.05, 4.69) is 10.3 Å². The van der Waals surface area contributed by atoms with Crippen molar-refractivity contribution in [2.75, 3.05) is 20.8 Å². The van der Waals surface area contributed by atoms with Crippen LogP contribution in [0.4, 0.5) is 0 Å². The minimum Gasteiger partial charge on any atom is -0.497 e. The summed E-state index contributed by atoms with van der Waals surface area (Å²) in [5, 5.41) is 3.34. The van der Waals surface area contributed by atoms with Crippen LogP contribution in [0.1, 0.15) is 36.7 Å². The monoisotopic (exact) mass is 497 g/mol. The first-order chi connectivity index (χ1) is 16.7. The Morgan fingerprint density at radius 2 is 1.80 bits per heavy atom. The number of esters is 1. The Morgan fingerprint density at radius 3 is 2.43 bits per heavy atom. The van der Waals surface area contributed by atoms with Gasteiger partial charge in [0, 0.05) is 13.1 Å². The number of rotatable bonds is 10. The van der Waals surface area contributed by atoms with E-state index in [0.717, 1.165) is 11.3 Å². The normalized spacial score (nSPS) is 11.9. The van der Waals surface area contributed by atoms with E-state index in [1.54, 1.807) is 36.8 Å². The smallest absolute Gasteiger partial charge is 0.337 e. The minimum absolute atomic E-state index is 0.141. The summed E-state index contributed by atoms with van der Waals surface area (Å²) in [7, 11) is 2.92. The molecule has 0 saturated carbocycles. The molecule has 1 N–H and O–H groups in total. The SMILES string of the molecule is COC(=O)c1ccc2c(=O)n(CC(C)C)c(S[C@H](C)C(=O)NCCc3ccc(OC)cc3)nc2c1.